The molecule has 0 spiro atoms. The average molecular weight is 554 g/mol. The number of aryl methyl sites for hydroxylation is 1. The molecule has 1 aromatic rings. The van der Waals surface area contributed by atoms with E-state index in [1.165, 1.54) is 0 Å². The van der Waals surface area contributed by atoms with Crippen LogP contribution in [0.25, 0.3) is 0 Å². The lowest BCUT2D eigenvalue weighted by molar-refractivity contribution is 0.0195. The Morgan fingerprint density at radius 1 is 0.714 bits per heavy atom. The summed E-state index contributed by atoms with van der Waals surface area (Å²) in [6, 6.07) is 3.55. The van der Waals surface area contributed by atoms with Crippen molar-refractivity contribution in [3.63, 3.8) is 0 Å². The number of halogens is 1. The van der Waals surface area contributed by atoms with Gasteiger partial charge in [-0.05, 0) is 74.5 Å². The third-order valence-corrected chi connectivity index (χ3v) is 7.18. The maximum atomic E-state index is 13.4. The second-order valence-electron chi connectivity index (χ2n) is 10.6. The van der Waals surface area contributed by atoms with Gasteiger partial charge in [-0.25, -0.2) is 9.59 Å². The quantitative estimate of drug-likeness (QED) is 0.180. The number of carbonyl (C=O) groups is 2. The molecule has 1 rings (SSSR count). The van der Waals surface area contributed by atoms with Crippen molar-refractivity contribution in [3.8, 4) is 0 Å². The molecule has 0 saturated heterocycles. The molecule has 35 heavy (non-hydrogen) atoms. The highest BCUT2D eigenvalue weighted by molar-refractivity contribution is 9.10. The summed E-state index contributed by atoms with van der Waals surface area (Å²) in [5.41, 5.74) is 1.59. The van der Waals surface area contributed by atoms with Crippen LogP contribution in [0.2, 0.25) is 0 Å². The minimum absolute atomic E-state index is 0.134. The summed E-state index contributed by atoms with van der Waals surface area (Å²) < 4.78 is 12.8. The van der Waals surface area contributed by atoms with Gasteiger partial charge in [-0.2, -0.15) is 0 Å². The van der Waals surface area contributed by atoms with Gasteiger partial charge in [-0.3, -0.25) is 0 Å². The van der Waals surface area contributed by atoms with Gasteiger partial charge >= 0.3 is 11.9 Å². The van der Waals surface area contributed by atoms with Gasteiger partial charge in [0.05, 0.1) is 11.1 Å². The molecular formula is C30H49BrO4. The van der Waals surface area contributed by atoms with E-state index >= 15 is 0 Å². The topological polar surface area (TPSA) is 52.6 Å². The lowest BCUT2D eigenvalue weighted by Crippen LogP contribution is -2.24. The van der Waals surface area contributed by atoms with E-state index in [0.717, 1.165) is 80.7 Å². The van der Waals surface area contributed by atoms with Gasteiger partial charge in [0.1, 0.15) is 12.2 Å². The summed E-state index contributed by atoms with van der Waals surface area (Å²) in [5, 5.41) is 0. The van der Waals surface area contributed by atoms with Crippen molar-refractivity contribution in [2.75, 3.05) is 0 Å². The molecular weight excluding hydrogens is 504 g/mol. The van der Waals surface area contributed by atoms with Crippen molar-refractivity contribution in [2.24, 2.45) is 11.8 Å². The van der Waals surface area contributed by atoms with Gasteiger partial charge < -0.3 is 9.47 Å². The van der Waals surface area contributed by atoms with E-state index in [9.17, 15) is 9.59 Å². The predicted octanol–water partition coefficient (Wildman–Crippen LogP) is 9.32. The van der Waals surface area contributed by atoms with Crippen LogP contribution in [0.15, 0.2) is 16.6 Å². The molecule has 0 saturated carbocycles. The van der Waals surface area contributed by atoms with E-state index in [4.69, 9.17) is 9.47 Å². The minimum Gasteiger partial charge on any atom is -0.459 e. The molecule has 5 heteroatoms. The van der Waals surface area contributed by atoms with Gasteiger partial charge in [-0.1, -0.05) is 90.1 Å². The van der Waals surface area contributed by atoms with Gasteiger partial charge in [0.25, 0.3) is 0 Å². The molecule has 0 amide bonds. The SMILES string of the molecule is CCCCC(CCC(C)C)OC(=O)c1cc(Br)c(CC)cc1C(=O)OC(CCCC)CCC(C)C. The molecule has 1 aromatic carbocycles. The zero-order valence-electron chi connectivity index (χ0n) is 23.3. The van der Waals surface area contributed by atoms with Gasteiger partial charge in [0.15, 0.2) is 0 Å². The first-order valence-corrected chi connectivity index (χ1v) is 14.7. The summed E-state index contributed by atoms with van der Waals surface area (Å²) in [5.74, 6) is 0.245. The van der Waals surface area contributed by atoms with Crippen molar-refractivity contribution < 1.29 is 19.1 Å². The van der Waals surface area contributed by atoms with Crippen LogP contribution in [-0.2, 0) is 15.9 Å². The van der Waals surface area contributed by atoms with Crippen LogP contribution >= 0.6 is 15.9 Å². The molecule has 2 atom stereocenters. The fourth-order valence-corrected chi connectivity index (χ4v) is 4.71. The Morgan fingerprint density at radius 3 is 1.51 bits per heavy atom. The number of esters is 2. The Hall–Kier alpha value is -1.36. The molecule has 0 radical (unpaired) electrons. The summed E-state index contributed by atoms with van der Waals surface area (Å²) in [4.78, 5) is 26.8. The first kappa shape index (κ1) is 31.7. The van der Waals surface area contributed by atoms with Crippen molar-refractivity contribution in [1.29, 1.82) is 0 Å². The molecule has 0 heterocycles. The maximum Gasteiger partial charge on any atom is 0.339 e. The molecule has 0 aromatic heterocycles. The monoisotopic (exact) mass is 552 g/mol. The second-order valence-corrected chi connectivity index (χ2v) is 11.5. The van der Waals surface area contributed by atoms with Crippen LogP contribution < -0.4 is 0 Å². The minimum atomic E-state index is -0.433. The number of carbonyl (C=O) groups excluding carboxylic acids is 2. The molecule has 0 bridgehead atoms. The standard InChI is InChI=1S/C30H49BrO4/c1-8-11-13-24(17-15-21(4)5)34-29(32)26-19-23(10-3)28(31)20-27(26)30(33)35-25(14-12-9-2)18-16-22(6)7/h19-22,24-25H,8-18H2,1-7H3. The maximum absolute atomic E-state index is 13.4. The van der Waals surface area contributed by atoms with Crippen LogP contribution in [0.1, 0.15) is 139 Å². The molecule has 200 valence electrons. The third-order valence-electron chi connectivity index (χ3n) is 6.45. The number of hydrogen-bond acceptors (Lipinski definition) is 4. The van der Waals surface area contributed by atoms with Gasteiger partial charge in [0, 0.05) is 4.47 Å². The van der Waals surface area contributed by atoms with E-state index in [0.29, 0.717) is 23.0 Å². The fourth-order valence-electron chi connectivity index (χ4n) is 4.08. The molecule has 0 aliphatic heterocycles. The Kier molecular flexibility index (Phi) is 15.5. The van der Waals surface area contributed by atoms with E-state index in [2.05, 4.69) is 57.5 Å². The summed E-state index contributed by atoms with van der Waals surface area (Å²) >= 11 is 3.58. The number of hydrogen-bond donors (Lipinski definition) is 0. The Bertz CT molecular complexity index is 772. The predicted molar refractivity (Wildman–Crippen MR) is 149 cm³/mol. The van der Waals surface area contributed by atoms with Crippen molar-refractivity contribution in [3.05, 3.63) is 33.3 Å². The summed E-state index contributed by atoms with van der Waals surface area (Å²) in [6.07, 6.45) is 10.00. The van der Waals surface area contributed by atoms with Crippen LogP contribution in [0.3, 0.4) is 0 Å². The van der Waals surface area contributed by atoms with E-state index < -0.39 is 11.9 Å². The van der Waals surface area contributed by atoms with Crippen LogP contribution in [0, 0.1) is 11.8 Å². The normalized spacial score (nSPS) is 13.2. The van der Waals surface area contributed by atoms with Crippen molar-refractivity contribution >= 4 is 27.9 Å². The average Bonchev–Trinajstić information content (AvgIpc) is 2.81. The number of rotatable bonds is 17. The Morgan fingerprint density at radius 2 is 1.14 bits per heavy atom. The van der Waals surface area contributed by atoms with Crippen molar-refractivity contribution in [1.82, 2.24) is 0 Å². The van der Waals surface area contributed by atoms with Crippen molar-refractivity contribution in [2.45, 2.75) is 131 Å². The third kappa shape index (κ3) is 11.9. The molecule has 0 fully saturated rings. The van der Waals surface area contributed by atoms with E-state index in [1.807, 2.05) is 6.92 Å². The first-order valence-electron chi connectivity index (χ1n) is 13.9. The number of benzene rings is 1. The highest BCUT2D eigenvalue weighted by Crippen LogP contribution is 2.27. The zero-order valence-corrected chi connectivity index (χ0v) is 24.8. The molecule has 0 aliphatic carbocycles. The van der Waals surface area contributed by atoms with Crippen LogP contribution in [0.5, 0.6) is 0 Å². The zero-order chi connectivity index (χ0) is 26.4. The largest absolute Gasteiger partial charge is 0.459 e. The molecule has 2 unspecified atom stereocenters. The fraction of sp³-hybridized carbons (Fsp3) is 0.733. The second kappa shape index (κ2) is 17.2. The summed E-state index contributed by atoms with van der Waals surface area (Å²) in [6.45, 7) is 15.1. The van der Waals surface area contributed by atoms with Gasteiger partial charge in [0.2, 0.25) is 0 Å². The molecule has 0 N–H and O–H groups in total. The molecule has 4 nitrogen and oxygen atoms in total. The first-order chi connectivity index (χ1) is 16.6. The number of ether oxygens (including phenoxy) is 2. The lowest BCUT2D eigenvalue weighted by atomic mass is 9.99. The molecule has 0 aliphatic rings. The van der Waals surface area contributed by atoms with E-state index in [1.54, 1.807) is 12.1 Å². The lowest BCUT2D eigenvalue weighted by Gasteiger charge is -2.22. The number of unbranched alkanes of at least 4 members (excludes halogenated alkanes) is 2. The van der Waals surface area contributed by atoms with E-state index in [-0.39, 0.29) is 12.2 Å². The highest BCUT2D eigenvalue weighted by atomic mass is 79.9. The smallest absolute Gasteiger partial charge is 0.339 e. The Labute approximate surface area is 223 Å². The van der Waals surface area contributed by atoms with Gasteiger partial charge in [-0.15, -0.1) is 0 Å². The van der Waals surface area contributed by atoms with Crippen LogP contribution in [-0.4, -0.2) is 24.1 Å². The highest BCUT2D eigenvalue weighted by Gasteiger charge is 2.26. The van der Waals surface area contributed by atoms with Crippen LogP contribution in [0.4, 0.5) is 0 Å². The summed E-state index contributed by atoms with van der Waals surface area (Å²) in [7, 11) is 0. The Balaban J connectivity index is 3.19.